The molecule has 1 N–H and O–H groups in total. The molecule has 4 heteroatoms. The predicted octanol–water partition coefficient (Wildman–Crippen LogP) is 3.68. The lowest BCUT2D eigenvalue weighted by molar-refractivity contribution is 0.0933. The average molecular weight is 304 g/mol. The number of hydrogen-bond acceptors (Lipinski definition) is 2. The van der Waals surface area contributed by atoms with Crippen LogP contribution in [0.25, 0.3) is 0 Å². The van der Waals surface area contributed by atoms with Crippen molar-refractivity contribution < 1.29 is 4.79 Å². The van der Waals surface area contributed by atoms with Crippen LogP contribution in [0.5, 0.6) is 0 Å². The minimum absolute atomic E-state index is 0.0356. The fourth-order valence-electron chi connectivity index (χ4n) is 1.50. The first-order chi connectivity index (χ1) is 7.67. The van der Waals surface area contributed by atoms with Crippen LogP contribution in [-0.2, 0) is 0 Å². The Balaban J connectivity index is 2.53. The monoisotopic (exact) mass is 303 g/mol. The maximum Gasteiger partial charge on any atom is 0.252 e. The molecule has 2 nitrogen and oxygen atoms in total. The first-order valence-corrected chi connectivity index (χ1v) is 7.60. The molecule has 0 radical (unpaired) electrons. The molecule has 1 aromatic heterocycles. The van der Waals surface area contributed by atoms with Crippen molar-refractivity contribution in [2.24, 2.45) is 5.41 Å². The van der Waals surface area contributed by atoms with Crippen LogP contribution in [0.3, 0.4) is 0 Å². The Hall–Kier alpha value is -0.350. The summed E-state index contributed by atoms with van der Waals surface area (Å²) in [5.41, 5.74) is 0.951. The zero-order valence-electron chi connectivity index (χ0n) is 9.75. The number of amides is 1. The topological polar surface area (TPSA) is 29.1 Å². The molecule has 0 aliphatic heterocycles. The fraction of sp³-hybridized carbons (Fsp3) is 0.583. The summed E-state index contributed by atoms with van der Waals surface area (Å²) in [7, 11) is 0. The van der Waals surface area contributed by atoms with Gasteiger partial charge in [0.25, 0.3) is 5.91 Å². The van der Waals surface area contributed by atoms with E-state index in [4.69, 9.17) is 0 Å². The lowest BCUT2D eigenvalue weighted by Gasteiger charge is -2.29. The third-order valence-electron chi connectivity index (χ3n) is 3.19. The molecule has 1 rings (SSSR count). The van der Waals surface area contributed by atoms with E-state index in [1.165, 1.54) is 0 Å². The van der Waals surface area contributed by atoms with Gasteiger partial charge in [-0.1, -0.05) is 29.8 Å². The number of thiophene rings is 1. The largest absolute Gasteiger partial charge is 0.351 e. The molecule has 0 aliphatic rings. The molecule has 1 aromatic rings. The third kappa shape index (κ3) is 3.32. The minimum Gasteiger partial charge on any atom is -0.351 e. The summed E-state index contributed by atoms with van der Waals surface area (Å²) in [6, 6.07) is 1.85. The number of halogens is 1. The normalized spacial score (nSPS) is 11.4. The summed E-state index contributed by atoms with van der Waals surface area (Å²) in [6.45, 7) is 5.07. The summed E-state index contributed by atoms with van der Waals surface area (Å²) in [5.74, 6) is 0.0356. The van der Waals surface area contributed by atoms with Gasteiger partial charge in [-0.15, -0.1) is 0 Å². The second kappa shape index (κ2) is 6.40. The van der Waals surface area contributed by atoms with Crippen molar-refractivity contribution in [1.29, 1.82) is 0 Å². The number of hydrogen-bond donors (Lipinski definition) is 1. The van der Waals surface area contributed by atoms with Crippen molar-refractivity contribution >= 4 is 33.2 Å². The van der Waals surface area contributed by atoms with E-state index in [9.17, 15) is 4.79 Å². The van der Waals surface area contributed by atoms with Crippen molar-refractivity contribution in [2.45, 2.75) is 26.7 Å². The highest BCUT2D eigenvalue weighted by Crippen LogP contribution is 2.27. The Morgan fingerprint density at radius 2 is 2.19 bits per heavy atom. The van der Waals surface area contributed by atoms with Crippen LogP contribution in [-0.4, -0.2) is 17.8 Å². The lowest BCUT2D eigenvalue weighted by Crippen LogP contribution is -2.38. The SMILES string of the molecule is CCC(CC)(CBr)CNC(=O)c1ccsc1. The number of nitrogens with one attached hydrogen (secondary N) is 1. The minimum atomic E-state index is 0.0356. The van der Waals surface area contributed by atoms with Crippen LogP contribution in [0.1, 0.15) is 37.0 Å². The second-order valence-corrected chi connectivity index (χ2v) is 5.38. The molecule has 0 aromatic carbocycles. The van der Waals surface area contributed by atoms with Crippen molar-refractivity contribution in [2.75, 3.05) is 11.9 Å². The molecule has 1 amide bonds. The maximum atomic E-state index is 11.8. The molecule has 0 saturated carbocycles. The standard InChI is InChI=1S/C12H18BrNOS/c1-3-12(4-2,8-13)9-14-11(15)10-5-6-16-7-10/h5-7H,3-4,8-9H2,1-2H3,(H,14,15). The van der Waals surface area contributed by atoms with E-state index >= 15 is 0 Å². The van der Waals surface area contributed by atoms with E-state index in [-0.39, 0.29) is 11.3 Å². The van der Waals surface area contributed by atoms with E-state index in [1.807, 2.05) is 16.8 Å². The quantitative estimate of drug-likeness (QED) is 0.798. The van der Waals surface area contributed by atoms with Gasteiger partial charge in [-0.3, -0.25) is 4.79 Å². The smallest absolute Gasteiger partial charge is 0.252 e. The first kappa shape index (κ1) is 13.7. The van der Waals surface area contributed by atoms with Crippen LogP contribution in [0.15, 0.2) is 16.8 Å². The van der Waals surface area contributed by atoms with E-state index in [0.29, 0.717) is 0 Å². The third-order valence-corrected chi connectivity index (χ3v) is 5.06. The molecule has 16 heavy (non-hydrogen) atoms. The zero-order chi connectivity index (χ0) is 12.0. The molecule has 1 heterocycles. The van der Waals surface area contributed by atoms with Crippen LogP contribution in [0.4, 0.5) is 0 Å². The molecular formula is C12H18BrNOS. The van der Waals surface area contributed by atoms with Gasteiger partial charge in [0, 0.05) is 22.8 Å². The fourth-order valence-corrected chi connectivity index (χ4v) is 3.13. The molecule has 0 bridgehead atoms. The van der Waals surface area contributed by atoms with Crippen molar-refractivity contribution in [1.82, 2.24) is 5.32 Å². The van der Waals surface area contributed by atoms with E-state index in [1.54, 1.807) is 11.3 Å². The average Bonchev–Trinajstić information content (AvgIpc) is 2.85. The van der Waals surface area contributed by atoms with Crippen molar-refractivity contribution in [3.05, 3.63) is 22.4 Å². The van der Waals surface area contributed by atoms with Gasteiger partial charge in [0.05, 0.1) is 0 Å². The van der Waals surface area contributed by atoms with Crippen LogP contribution < -0.4 is 5.32 Å². The highest BCUT2D eigenvalue weighted by Gasteiger charge is 2.25. The molecule has 90 valence electrons. The van der Waals surface area contributed by atoms with E-state index < -0.39 is 0 Å². The Morgan fingerprint density at radius 1 is 1.50 bits per heavy atom. The van der Waals surface area contributed by atoms with Crippen molar-refractivity contribution in [3.8, 4) is 0 Å². The lowest BCUT2D eigenvalue weighted by atomic mass is 9.84. The highest BCUT2D eigenvalue weighted by atomic mass is 79.9. The van der Waals surface area contributed by atoms with Crippen LogP contribution >= 0.6 is 27.3 Å². The summed E-state index contributed by atoms with van der Waals surface area (Å²) >= 11 is 5.09. The number of alkyl halides is 1. The summed E-state index contributed by atoms with van der Waals surface area (Å²) in [5, 5.41) is 7.74. The molecule has 0 unspecified atom stereocenters. The molecule has 0 aliphatic carbocycles. The number of rotatable bonds is 6. The van der Waals surface area contributed by atoms with Gasteiger partial charge in [-0.25, -0.2) is 0 Å². The Kier molecular flexibility index (Phi) is 5.49. The Labute approximate surface area is 110 Å². The summed E-state index contributed by atoms with van der Waals surface area (Å²) < 4.78 is 0. The van der Waals surface area contributed by atoms with Crippen LogP contribution in [0, 0.1) is 5.41 Å². The van der Waals surface area contributed by atoms with Gasteiger partial charge < -0.3 is 5.32 Å². The van der Waals surface area contributed by atoms with E-state index in [0.717, 1.165) is 30.3 Å². The molecule has 0 fully saturated rings. The molecule has 0 spiro atoms. The van der Waals surface area contributed by atoms with Gasteiger partial charge in [-0.05, 0) is 29.7 Å². The Bertz CT molecular complexity index is 312. The van der Waals surface area contributed by atoms with Gasteiger partial charge in [0.2, 0.25) is 0 Å². The summed E-state index contributed by atoms with van der Waals surface area (Å²) in [4.78, 5) is 11.8. The van der Waals surface area contributed by atoms with E-state index in [2.05, 4.69) is 35.1 Å². The van der Waals surface area contributed by atoms with Gasteiger partial charge in [0.15, 0.2) is 0 Å². The van der Waals surface area contributed by atoms with Crippen LogP contribution in [0.2, 0.25) is 0 Å². The van der Waals surface area contributed by atoms with Gasteiger partial charge in [0.1, 0.15) is 0 Å². The highest BCUT2D eigenvalue weighted by molar-refractivity contribution is 9.09. The Morgan fingerprint density at radius 3 is 2.62 bits per heavy atom. The molecule has 0 saturated heterocycles. The summed E-state index contributed by atoms with van der Waals surface area (Å²) in [6.07, 6.45) is 2.14. The van der Waals surface area contributed by atoms with Gasteiger partial charge in [-0.2, -0.15) is 11.3 Å². The maximum absolute atomic E-state index is 11.8. The zero-order valence-corrected chi connectivity index (χ0v) is 12.2. The van der Waals surface area contributed by atoms with Gasteiger partial charge >= 0.3 is 0 Å². The number of carbonyl (C=O) groups excluding carboxylic acids is 1. The van der Waals surface area contributed by atoms with Crippen molar-refractivity contribution in [3.63, 3.8) is 0 Å². The molecular weight excluding hydrogens is 286 g/mol. The predicted molar refractivity (Wildman–Crippen MR) is 73.5 cm³/mol. The second-order valence-electron chi connectivity index (χ2n) is 4.04. The number of carbonyl (C=O) groups is 1. The first-order valence-electron chi connectivity index (χ1n) is 5.54. The molecule has 0 atom stereocenters.